The van der Waals surface area contributed by atoms with Gasteiger partial charge in [-0.2, -0.15) is 0 Å². The Hall–Kier alpha value is -2.44. The molecule has 7 heteroatoms. The highest BCUT2D eigenvalue weighted by Crippen LogP contribution is 2.19. The van der Waals surface area contributed by atoms with Gasteiger partial charge in [0, 0.05) is 38.8 Å². The van der Waals surface area contributed by atoms with E-state index in [0.29, 0.717) is 5.56 Å². The molecule has 0 unspecified atom stereocenters. The predicted molar refractivity (Wildman–Crippen MR) is 92.0 cm³/mol. The summed E-state index contributed by atoms with van der Waals surface area (Å²) in [5.74, 6) is 2.50. The molecule has 2 aromatic heterocycles. The normalized spacial score (nSPS) is 15.3. The summed E-state index contributed by atoms with van der Waals surface area (Å²) < 4.78 is 2.16. The van der Waals surface area contributed by atoms with Crippen molar-refractivity contribution in [2.75, 3.05) is 19.0 Å². The molecule has 0 aromatic carbocycles. The first-order valence-electron chi connectivity index (χ1n) is 8.42. The quantitative estimate of drug-likeness (QED) is 0.928. The number of rotatable bonds is 4. The van der Waals surface area contributed by atoms with Crippen LogP contribution in [0.4, 0.5) is 5.82 Å². The van der Waals surface area contributed by atoms with Crippen molar-refractivity contribution in [2.24, 2.45) is 0 Å². The van der Waals surface area contributed by atoms with E-state index in [0.717, 1.165) is 43.3 Å². The van der Waals surface area contributed by atoms with Gasteiger partial charge in [0.1, 0.15) is 11.6 Å². The predicted octanol–water partition coefficient (Wildman–Crippen LogP) is 1.96. The molecule has 0 radical (unpaired) electrons. The van der Waals surface area contributed by atoms with Gasteiger partial charge in [-0.05, 0) is 31.9 Å². The summed E-state index contributed by atoms with van der Waals surface area (Å²) in [5.41, 5.74) is 0.594. The lowest BCUT2D eigenvalue weighted by molar-refractivity contribution is 0.0937. The number of carbonyl (C=O) groups excluding carboxylic acids is 1. The molecular weight excluding hydrogens is 304 g/mol. The van der Waals surface area contributed by atoms with Crippen LogP contribution in [0.5, 0.6) is 0 Å². The van der Waals surface area contributed by atoms with Crippen LogP contribution in [0.1, 0.15) is 54.2 Å². The summed E-state index contributed by atoms with van der Waals surface area (Å²) in [4.78, 5) is 18.7. The van der Waals surface area contributed by atoms with Crippen molar-refractivity contribution < 1.29 is 4.79 Å². The number of hydrogen-bond donors (Lipinski definition) is 1. The number of hydrogen-bond acceptors (Lipinski definition) is 5. The SMILES string of the molecule is C[C@H](NC(=O)c1ccnc(N(C)C)c1)c1nnc2n1CCCCC2. The second-order valence-electron chi connectivity index (χ2n) is 6.43. The number of pyridine rings is 1. The van der Waals surface area contributed by atoms with Crippen LogP contribution in [0.15, 0.2) is 18.3 Å². The molecule has 1 N–H and O–H groups in total. The maximum atomic E-state index is 12.5. The summed E-state index contributed by atoms with van der Waals surface area (Å²) in [5, 5.41) is 11.6. The van der Waals surface area contributed by atoms with Gasteiger partial charge in [0.05, 0.1) is 6.04 Å². The van der Waals surface area contributed by atoms with Gasteiger partial charge in [-0.3, -0.25) is 4.79 Å². The monoisotopic (exact) mass is 328 g/mol. The second-order valence-corrected chi connectivity index (χ2v) is 6.43. The Kier molecular flexibility index (Phi) is 4.78. The minimum absolute atomic E-state index is 0.126. The van der Waals surface area contributed by atoms with Crippen molar-refractivity contribution in [3.05, 3.63) is 35.5 Å². The van der Waals surface area contributed by atoms with Crippen LogP contribution in [-0.4, -0.2) is 39.8 Å². The van der Waals surface area contributed by atoms with E-state index in [9.17, 15) is 4.79 Å². The Labute approximate surface area is 142 Å². The molecule has 0 saturated heterocycles. The third-order valence-corrected chi connectivity index (χ3v) is 4.34. The Morgan fingerprint density at radius 1 is 1.29 bits per heavy atom. The molecule has 0 fully saturated rings. The topological polar surface area (TPSA) is 75.9 Å². The Bertz CT molecular complexity index is 724. The van der Waals surface area contributed by atoms with Gasteiger partial charge < -0.3 is 14.8 Å². The van der Waals surface area contributed by atoms with E-state index >= 15 is 0 Å². The van der Waals surface area contributed by atoms with Crippen LogP contribution in [0.2, 0.25) is 0 Å². The molecule has 24 heavy (non-hydrogen) atoms. The average molecular weight is 328 g/mol. The van der Waals surface area contributed by atoms with Gasteiger partial charge in [0.25, 0.3) is 5.91 Å². The fourth-order valence-corrected chi connectivity index (χ4v) is 2.98. The van der Waals surface area contributed by atoms with Crippen molar-refractivity contribution in [3.8, 4) is 0 Å². The Morgan fingerprint density at radius 2 is 2.12 bits per heavy atom. The summed E-state index contributed by atoms with van der Waals surface area (Å²) in [6, 6.07) is 3.32. The van der Waals surface area contributed by atoms with Crippen LogP contribution in [-0.2, 0) is 13.0 Å². The van der Waals surface area contributed by atoms with Crippen molar-refractivity contribution in [1.82, 2.24) is 25.1 Å². The Balaban J connectivity index is 1.75. The number of carbonyl (C=O) groups is 1. The lowest BCUT2D eigenvalue weighted by Crippen LogP contribution is -2.29. The number of nitrogens with zero attached hydrogens (tertiary/aromatic N) is 5. The zero-order chi connectivity index (χ0) is 17.1. The third-order valence-electron chi connectivity index (χ3n) is 4.34. The summed E-state index contributed by atoms with van der Waals surface area (Å²) in [7, 11) is 3.80. The van der Waals surface area contributed by atoms with Gasteiger partial charge in [-0.15, -0.1) is 10.2 Å². The van der Waals surface area contributed by atoms with E-state index in [1.807, 2.05) is 25.9 Å². The first kappa shape index (κ1) is 16.4. The maximum absolute atomic E-state index is 12.5. The standard InChI is InChI=1S/C17H24N6O/c1-12(16-21-20-14-7-5-4-6-10-23(14)16)19-17(24)13-8-9-18-15(11-13)22(2)3/h8-9,11-12H,4-7,10H2,1-3H3,(H,19,24)/t12-/m0/s1. The Morgan fingerprint density at radius 3 is 2.92 bits per heavy atom. The zero-order valence-corrected chi connectivity index (χ0v) is 14.5. The second kappa shape index (κ2) is 6.98. The molecule has 0 spiro atoms. The molecule has 128 valence electrons. The van der Waals surface area contributed by atoms with E-state index in [1.165, 1.54) is 6.42 Å². The molecule has 3 heterocycles. The molecule has 0 aliphatic carbocycles. The molecule has 1 amide bonds. The van der Waals surface area contributed by atoms with Crippen molar-refractivity contribution in [1.29, 1.82) is 0 Å². The van der Waals surface area contributed by atoms with E-state index in [1.54, 1.807) is 18.3 Å². The highest BCUT2D eigenvalue weighted by Gasteiger charge is 2.21. The lowest BCUT2D eigenvalue weighted by Gasteiger charge is -2.16. The van der Waals surface area contributed by atoms with Gasteiger partial charge in [0.2, 0.25) is 0 Å². The third kappa shape index (κ3) is 3.39. The highest BCUT2D eigenvalue weighted by molar-refractivity contribution is 5.95. The zero-order valence-electron chi connectivity index (χ0n) is 14.5. The van der Waals surface area contributed by atoms with E-state index in [4.69, 9.17) is 0 Å². The molecule has 1 aliphatic heterocycles. The summed E-state index contributed by atoms with van der Waals surface area (Å²) in [6.07, 6.45) is 6.12. The molecular formula is C17H24N6O. The highest BCUT2D eigenvalue weighted by atomic mass is 16.1. The van der Waals surface area contributed by atoms with Crippen LogP contribution in [0.25, 0.3) is 0 Å². The first-order valence-corrected chi connectivity index (χ1v) is 8.42. The van der Waals surface area contributed by atoms with Gasteiger partial charge in [-0.25, -0.2) is 4.98 Å². The van der Waals surface area contributed by atoms with Gasteiger partial charge >= 0.3 is 0 Å². The van der Waals surface area contributed by atoms with Gasteiger partial charge in [-0.1, -0.05) is 6.42 Å². The van der Waals surface area contributed by atoms with E-state index < -0.39 is 0 Å². The number of amides is 1. The summed E-state index contributed by atoms with van der Waals surface area (Å²) >= 11 is 0. The van der Waals surface area contributed by atoms with Crippen LogP contribution in [0.3, 0.4) is 0 Å². The van der Waals surface area contributed by atoms with Gasteiger partial charge in [0.15, 0.2) is 5.82 Å². The molecule has 0 bridgehead atoms. The number of fused-ring (bicyclic) bond motifs is 1. The van der Waals surface area contributed by atoms with Crippen molar-refractivity contribution >= 4 is 11.7 Å². The minimum Gasteiger partial charge on any atom is -0.363 e. The van der Waals surface area contributed by atoms with E-state index in [-0.39, 0.29) is 11.9 Å². The van der Waals surface area contributed by atoms with Crippen LogP contribution in [0, 0.1) is 0 Å². The lowest BCUT2D eigenvalue weighted by atomic mass is 10.2. The minimum atomic E-state index is -0.187. The average Bonchev–Trinajstić information content (AvgIpc) is 2.84. The molecule has 1 atom stereocenters. The first-order chi connectivity index (χ1) is 11.6. The van der Waals surface area contributed by atoms with Crippen molar-refractivity contribution in [2.45, 2.75) is 45.2 Å². The number of aryl methyl sites for hydroxylation is 1. The molecule has 1 aliphatic rings. The maximum Gasteiger partial charge on any atom is 0.252 e. The molecule has 3 rings (SSSR count). The number of aromatic nitrogens is 4. The fourth-order valence-electron chi connectivity index (χ4n) is 2.98. The van der Waals surface area contributed by atoms with Crippen LogP contribution >= 0.6 is 0 Å². The smallest absolute Gasteiger partial charge is 0.252 e. The van der Waals surface area contributed by atoms with E-state index in [2.05, 4.69) is 25.1 Å². The fraction of sp³-hybridized carbons (Fsp3) is 0.529. The molecule has 7 nitrogen and oxygen atoms in total. The molecule has 0 saturated carbocycles. The number of anilines is 1. The largest absolute Gasteiger partial charge is 0.363 e. The van der Waals surface area contributed by atoms with Crippen LogP contribution < -0.4 is 10.2 Å². The summed E-state index contributed by atoms with van der Waals surface area (Å²) in [6.45, 7) is 2.88. The molecule has 2 aromatic rings. The van der Waals surface area contributed by atoms with Crippen molar-refractivity contribution in [3.63, 3.8) is 0 Å². The number of nitrogens with one attached hydrogen (secondary N) is 1.